The molecule has 1 amide bonds. The molecule has 24 heavy (non-hydrogen) atoms. The molecule has 0 aromatic heterocycles. The maximum atomic E-state index is 12.1. The molecule has 1 unspecified atom stereocenters. The molecular formula is C17H34IN5O. The van der Waals surface area contributed by atoms with E-state index in [9.17, 15) is 4.79 Å². The van der Waals surface area contributed by atoms with Crippen LogP contribution in [-0.4, -0.2) is 74.5 Å². The zero-order valence-electron chi connectivity index (χ0n) is 15.5. The average Bonchev–Trinajstić information content (AvgIpc) is 3.00. The number of likely N-dealkylation sites (tertiary alicyclic amines) is 2. The third kappa shape index (κ3) is 6.38. The number of amides is 1. The number of carbonyl (C=O) groups excluding carboxylic acids is 1. The van der Waals surface area contributed by atoms with E-state index >= 15 is 0 Å². The second-order valence-electron chi connectivity index (χ2n) is 7.27. The highest BCUT2D eigenvalue weighted by molar-refractivity contribution is 14.0. The monoisotopic (exact) mass is 451 g/mol. The number of rotatable bonds is 4. The van der Waals surface area contributed by atoms with Gasteiger partial charge in [0.2, 0.25) is 5.91 Å². The first-order valence-electron chi connectivity index (χ1n) is 8.94. The molecule has 0 radical (unpaired) electrons. The minimum Gasteiger partial charge on any atom is -0.356 e. The molecule has 2 heterocycles. The molecule has 2 aliphatic heterocycles. The van der Waals surface area contributed by atoms with E-state index in [1.54, 1.807) is 0 Å². The largest absolute Gasteiger partial charge is 0.356 e. The summed E-state index contributed by atoms with van der Waals surface area (Å²) in [6.45, 7) is 8.92. The van der Waals surface area contributed by atoms with Crippen molar-refractivity contribution in [2.75, 3.05) is 46.8 Å². The summed E-state index contributed by atoms with van der Waals surface area (Å²) < 4.78 is 0. The molecule has 0 spiro atoms. The van der Waals surface area contributed by atoms with E-state index in [1.807, 2.05) is 25.8 Å². The van der Waals surface area contributed by atoms with Crippen molar-refractivity contribution in [1.29, 1.82) is 0 Å². The van der Waals surface area contributed by atoms with Crippen LogP contribution in [0, 0.1) is 11.8 Å². The van der Waals surface area contributed by atoms with Gasteiger partial charge in [0.1, 0.15) is 0 Å². The van der Waals surface area contributed by atoms with Crippen LogP contribution in [0.2, 0.25) is 0 Å². The summed E-state index contributed by atoms with van der Waals surface area (Å²) in [7, 11) is 4.00. The number of hydrogen-bond acceptors (Lipinski definition) is 3. The topological polar surface area (TPSA) is 60.0 Å². The summed E-state index contributed by atoms with van der Waals surface area (Å²) in [5.74, 6) is 1.93. The van der Waals surface area contributed by atoms with Gasteiger partial charge in [0.25, 0.3) is 0 Å². The van der Waals surface area contributed by atoms with E-state index in [4.69, 9.17) is 0 Å². The molecule has 2 aliphatic rings. The molecule has 7 heteroatoms. The molecule has 1 atom stereocenters. The smallest absolute Gasteiger partial charge is 0.225 e. The molecule has 0 aromatic rings. The van der Waals surface area contributed by atoms with E-state index in [0.717, 1.165) is 37.9 Å². The molecule has 2 N–H and O–H groups in total. The van der Waals surface area contributed by atoms with E-state index in [2.05, 4.69) is 27.6 Å². The van der Waals surface area contributed by atoms with Crippen molar-refractivity contribution >= 4 is 35.8 Å². The zero-order chi connectivity index (χ0) is 16.8. The molecule has 0 bridgehead atoms. The fourth-order valence-corrected chi connectivity index (χ4v) is 3.34. The number of carbonyl (C=O) groups is 1. The Labute approximate surface area is 163 Å². The van der Waals surface area contributed by atoms with Crippen molar-refractivity contribution in [3.05, 3.63) is 0 Å². The maximum absolute atomic E-state index is 12.1. The highest BCUT2D eigenvalue weighted by atomic mass is 127. The highest BCUT2D eigenvalue weighted by Crippen LogP contribution is 2.15. The number of guanidine groups is 1. The van der Waals surface area contributed by atoms with Gasteiger partial charge in [-0.3, -0.25) is 9.79 Å². The Morgan fingerprint density at radius 3 is 2.46 bits per heavy atom. The van der Waals surface area contributed by atoms with Gasteiger partial charge in [-0.15, -0.1) is 24.0 Å². The normalized spacial score (nSPS) is 23.3. The Bertz CT molecular complexity index is 421. The maximum Gasteiger partial charge on any atom is 0.225 e. The van der Waals surface area contributed by atoms with Crippen LogP contribution in [0.1, 0.15) is 33.1 Å². The molecule has 140 valence electrons. The van der Waals surface area contributed by atoms with Crippen LogP contribution in [0.5, 0.6) is 0 Å². The Hall–Kier alpha value is -0.570. The average molecular weight is 451 g/mol. The minimum absolute atomic E-state index is 0. The minimum atomic E-state index is 0. The second-order valence-corrected chi connectivity index (χ2v) is 7.27. The lowest BCUT2D eigenvalue weighted by Crippen LogP contribution is -2.47. The van der Waals surface area contributed by atoms with Crippen LogP contribution in [0.15, 0.2) is 4.99 Å². The van der Waals surface area contributed by atoms with Crippen molar-refractivity contribution in [2.45, 2.75) is 39.2 Å². The first-order chi connectivity index (χ1) is 11.0. The van der Waals surface area contributed by atoms with Gasteiger partial charge in [-0.25, -0.2) is 0 Å². The predicted molar refractivity (Wildman–Crippen MR) is 110 cm³/mol. The third-order valence-electron chi connectivity index (χ3n) is 4.95. The van der Waals surface area contributed by atoms with Crippen molar-refractivity contribution < 1.29 is 4.79 Å². The molecule has 6 nitrogen and oxygen atoms in total. The molecule has 0 aliphatic carbocycles. The SMILES string of the molecule is CN=C(NCC1CCN(C)CC1)NC1CCN(C(=O)C(C)C)C1.I. The lowest BCUT2D eigenvalue weighted by atomic mass is 9.97. The summed E-state index contributed by atoms with van der Waals surface area (Å²) in [4.78, 5) is 20.7. The zero-order valence-corrected chi connectivity index (χ0v) is 17.9. The molecular weight excluding hydrogens is 417 g/mol. The van der Waals surface area contributed by atoms with Crippen molar-refractivity contribution in [2.24, 2.45) is 16.8 Å². The van der Waals surface area contributed by atoms with E-state index in [0.29, 0.717) is 6.04 Å². The Morgan fingerprint density at radius 1 is 1.21 bits per heavy atom. The number of halogens is 1. The van der Waals surface area contributed by atoms with Crippen molar-refractivity contribution in [1.82, 2.24) is 20.4 Å². The fourth-order valence-electron chi connectivity index (χ4n) is 3.34. The summed E-state index contributed by atoms with van der Waals surface area (Å²) in [5.41, 5.74) is 0. The summed E-state index contributed by atoms with van der Waals surface area (Å²) in [6.07, 6.45) is 3.49. The lowest BCUT2D eigenvalue weighted by Gasteiger charge is -2.29. The van der Waals surface area contributed by atoms with Gasteiger partial charge in [-0.1, -0.05) is 13.8 Å². The molecule has 2 saturated heterocycles. The lowest BCUT2D eigenvalue weighted by molar-refractivity contribution is -0.133. The standard InChI is InChI=1S/C17H33N5O.HI/c1-13(2)16(23)22-10-7-15(12-22)20-17(18-3)19-11-14-5-8-21(4)9-6-14;/h13-15H,5-12H2,1-4H3,(H2,18,19,20);1H. The first-order valence-corrected chi connectivity index (χ1v) is 8.94. The predicted octanol–water partition coefficient (Wildman–Crippen LogP) is 1.37. The van der Waals surface area contributed by atoms with Crippen LogP contribution in [0.3, 0.4) is 0 Å². The number of hydrogen-bond donors (Lipinski definition) is 2. The Morgan fingerprint density at radius 2 is 1.88 bits per heavy atom. The van der Waals surface area contributed by atoms with Crippen LogP contribution < -0.4 is 10.6 Å². The Balaban J connectivity index is 0.00000288. The molecule has 0 aromatic carbocycles. The van der Waals surface area contributed by atoms with E-state index in [-0.39, 0.29) is 35.8 Å². The summed E-state index contributed by atoms with van der Waals surface area (Å²) in [6, 6.07) is 0.307. The van der Waals surface area contributed by atoms with Gasteiger partial charge >= 0.3 is 0 Å². The van der Waals surface area contributed by atoms with Gasteiger partial charge in [-0.05, 0) is 45.3 Å². The van der Waals surface area contributed by atoms with E-state index in [1.165, 1.54) is 25.9 Å². The molecule has 2 fully saturated rings. The van der Waals surface area contributed by atoms with Gasteiger partial charge < -0.3 is 20.4 Å². The summed E-state index contributed by atoms with van der Waals surface area (Å²) in [5, 5.41) is 6.94. The quantitative estimate of drug-likeness (QED) is 0.385. The van der Waals surface area contributed by atoms with E-state index < -0.39 is 0 Å². The number of nitrogens with zero attached hydrogens (tertiary/aromatic N) is 3. The Kier molecular flexibility index (Phi) is 9.33. The number of piperidine rings is 1. The van der Waals surface area contributed by atoms with Gasteiger partial charge in [0.05, 0.1) is 0 Å². The van der Waals surface area contributed by atoms with Gasteiger partial charge in [0, 0.05) is 38.6 Å². The van der Waals surface area contributed by atoms with Gasteiger partial charge in [0.15, 0.2) is 5.96 Å². The summed E-state index contributed by atoms with van der Waals surface area (Å²) >= 11 is 0. The molecule has 0 saturated carbocycles. The van der Waals surface area contributed by atoms with Crippen LogP contribution >= 0.6 is 24.0 Å². The van der Waals surface area contributed by atoms with Crippen LogP contribution in [0.25, 0.3) is 0 Å². The first kappa shape index (κ1) is 21.5. The van der Waals surface area contributed by atoms with Crippen molar-refractivity contribution in [3.8, 4) is 0 Å². The van der Waals surface area contributed by atoms with Crippen LogP contribution in [0.4, 0.5) is 0 Å². The van der Waals surface area contributed by atoms with Gasteiger partial charge in [-0.2, -0.15) is 0 Å². The van der Waals surface area contributed by atoms with Crippen LogP contribution in [-0.2, 0) is 4.79 Å². The highest BCUT2D eigenvalue weighted by Gasteiger charge is 2.28. The second kappa shape index (κ2) is 10.4. The third-order valence-corrected chi connectivity index (χ3v) is 4.95. The van der Waals surface area contributed by atoms with Crippen molar-refractivity contribution in [3.63, 3.8) is 0 Å². The number of nitrogens with one attached hydrogen (secondary N) is 2. The number of aliphatic imine (C=N–C) groups is 1. The fraction of sp³-hybridized carbons (Fsp3) is 0.882. The molecule has 2 rings (SSSR count).